The predicted octanol–water partition coefficient (Wildman–Crippen LogP) is -0.129. The average Bonchev–Trinajstić information content (AvgIpc) is 1.83. The molecule has 0 aromatic rings. The molecule has 0 heterocycles. The first kappa shape index (κ1) is 9.87. The molecule has 0 saturated carbocycles. The molecule has 2 N–H and O–H groups in total. The number of hydrogen-bond acceptors (Lipinski definition) is 3. The summed E-state index contributed by atoms with van der Waals surface area (Å²) < 4.78 is 29.4. The van der Waals surface area contributed by atoms with Gasteiger partial charge in [0, 0.05) is 6.04 Å². The zero-order valence-corrected chi connectivity index (χ0v) is 7.14. The molecule has 5 heteroatoms. The van der Waals surface area contributed by atoms with E-state index in [-0.39, 0.29) is 6.04 Å². The summed E-state index contributed by atoms with van der Waals surface area (Å²) in [5, 5.41) is 1.98. The summed E-state index contributed by atoms with van der Waals surface area (Å²) in [6.07, 6.45) is 0. The Morgan fingerprint density at radius 3 is 1.90 bits per heavy atom. The Morgan fingerprint density at radius 2 is 1.80 bits per heavy atom. The molecule has 0 aliphatic heterocycles. The molecule has 2 atom stereocenters. The lowest BCUT2D eigenvalue weighted by atomic mass is 10.3. The maximum atomic E-state index is 10.4. The van der Waals surface area contributed by atoms with Gasteiger partial charge in [0.1, 0.15) is 0 Å². The molecule has 0 fully saturated rings. The third-order valence-electron chi connectivity index (χ3n) is 1.63. The van der Waals surface area contributed by atoms with E-state index in [4.69, 9.17) is 4.55 Å². The highest BCUT2D eigenvalue weighted by atomic mass is 32.2. The largest absolute Gasteiger partial charge is 0.316 e. The normalized spacial score (nSPS) is 18.4. The van der Waals surface area contributed by atoms with E-state index in [2.05, 4.69) is 5.32 Å². The maximum Gasteiger partial charge on any atom is 0.269 e. The van der Waals surface area contributed by atoms with Gasteiger partial charge in [0.25, 0.3) is 10.1 Å². The number of hydrogen-bond donors (Lipinski definition) is 2. The Kier molecular flexibility index (Phi) is 3.27. The van der Waals surface area contributed by atoms with Crippen LogP contribution in [0.15, 0.2) is 0 Å². The number of nitrogens with one attached hydrogen (secondary N) is 1. The van der Waals surface area contributed by atoms with Crippen molar-refractivity contribution in [3.63, 3.8) is 0 Å². The van der Waals surface area contributed by atoms with Crippen LogP contribution < -0.4 is 5.32 Å². The molecule has 0 saturated heterocycles. The summed E-state index contributed by atoms with van der Waals surface area (Å²) in [6.45, 7) is 3.15. The Morgan fingerprint density at radius 1 is 1.40 bits per heavy atom. The van der Waals surface area contributed by atoms with Gasteiger partial charge in [-0.25, -0.2) is 0 Å². The second-order valence-electron chi connectivity index (χ2n) is 2.30. The summed E-state index contributed by atoms with van der Waals surface area (Å²) >= 11 is 0. The Bertz CT molecular complexity index is 187. The zero-order chi connectivity index (χ0) is 8.36. The lowest BCUT2D eigenvalue weighted by Crippen LogP contribution is -2.37. The van der Waals surface area contributed by atoms with Crippen molar-refractivity contribution >= 4 is 10.1 Å². The quantitative estimate of drug-likeness (QED) is 0.575. The Balaban J connectivity index is 4.23. The van der Waals surface area contributed by atoms with Gasteiger partial charge >= 0.3 is 0 Å². The lowest BCUT2D eigenvalue weighted by Gasteiger charge is -2.15. The highest BCUT2D eigenvalue weighted by molar-refractivity contribution is 7.86. The van der Waals surface area contributed by atoms with E-state index >= 15 is 0 Å². The first-order chi connectivity index (χ1) is 4.39. The van der Waals surface area contributed by atoms with E-state index in [0.717, 1.165) is 0 Å². The predicted molar refractivity (Wildman–Crippen MR) is 39.5 cm³/mol. The van der Waals surface area contributed by atoms with Gasteiger partial charge in [-0.05, 0) is 20.9 Å². The molecule has 2 unspecified atom stereocenters. The van der Waals surface area contributed by atoms with E-state index in [0.29, 0.717) is 0 Å². The highest BCUT2D eigenvalue weighted by Gasteiger charge is 2.22. The minimum absolute atomic E-state index is 0.227. The van der Waals surface area contributed by atoms with Crippen molar-refractivity contribution in [1.82, 2.24) is 5.32 Å². The molecule has 10 heavy (non-hydrogen) atoms. The molecule has 0 rings (SSSR count). The minimum atomic E-state index is -3.88. The molecule has 4 nitrogen and oxygen atoms in total. The molecule has 0 bridgehead atoms. The lowest BCUT2D eigenvalue weighted by molar-refractivity contribution is 0.450. The monoisotopic (exact) mass is 167 g/mol. The van der Waals surface area contributed by atoms with Crippen molar-refractivity contribution in [2.45, 2.75) is 25.1 Å². The van der Waals surface area contributed by atoms with E-state index in [1.807, 2.05) is 0 Å². The standard InChI is InChI=1S/C5H13NO3S/c1-4(6-3)5(2)10(7,8)9/h4-6H,1-3H3,(H,7,8,9). The van der Waals surface area contributed by atoms with Crippen LogP contribution in [0.25, 0.3) is 0 Å². The van der Waals surface area contributed by atoms with Crippen LogP contribution in [-0.4, -0.2) is 31.3 Å². The summed E-state index contributed by atoms with van der Waals surface area (Å²) in [5.41, 5.74) is 0. The first-order valence-corrected chi connectivity index (χ1v) is 4.53. The van der Waals surface area contributed by atoms with Crippen molar-refractivity contribution in [3.05, 3.63) is 0 Å². The molecule has 0 spiro atoms. The van der Waals surface area contributed by atoms with Gasteiger partial charge in [-0.1, -0.05) is 0 Å². The smallest absolute Gasteiger partial charge is 0.269 e. The zero-order valence-electron chi connectivity index (χ0n) is 6.33. The van der Waals surface area contributed by atoms with Crippen molar-refractivity contribution in [1.29, 1.82) is 0 Å². The maximum absolute atomic E-state index is 10.4. The first-order valence-electron chi connectivity index (χ1n) is 3.03. The molecule has 0 aromatic heterocycles. The van der Waals surface area contributed by atoms with Crippen molar-refractivity contribution in [2.75, 3.05) is 7.05 Å². The third-order valence-corrected chi connectivity index (χ3v) is 2.98. The van der Waals surface area contributed by atoms with Crippen LogP contribution in [0.2, 0.25) is 0 Å². The van der Waals surface area contributed by atoms with Gasteiger partial charge in [-0.2, -0.15) is 8.42 Å². The van der Waals surface area contributed by atoms with Crippen LogP contribution in [0, 0.1) is 0 Å². The Labute approximate surface area is 61.4 Å². The van der Waals surface area contributed by atoms with Gasteiger partial charge < -0.3 is 5.32 Å². The van der Waals surface area contributed by atoms with Crippen LogP contribution >= 0.6 is 0 Å². The second-order valence-corrected chi connectivity index (χ2v) is 4.07. The van der Waals surface area contributed by atoms with Crippen molar-refractivity contribution in [3.8, 4) is 0 Å². The van der Waals surface area contributed by atoms with Crippen LogP contribution in [-0.2, 0) is 10.1 Å². The highest BCUT2D eigenvalue weighted by Crippen LogP contribution is 2.01. The molecule has 0 amide bonds. The molecular formula is C5H13NO3S. The topological polar surface area (TPSA) is 66.4 Å². The van der Waals surface area contributed by atoms with E-state index in [1.54, 1.807) is 14.0 Å². The molecular weight excluding hydrogens is 154 g/mol. The van der Waals surface area contributed by atoms with Gasteiger partial charge in [0.15, 0.2) is 0 Å². The van der Waals surface area contributed by atoms with Gasteiger partial charge in [0.05, 0.1) is 5.25 Å². The van der Waals surface area contributed by atoms with E-state index in [1.165, 1.54) is 6.92 Å². The fourth-order valence-corrected chi connectivity index (χ4v) is 1.14. The fourth-order valence-electron chi connectivity index (χ4n) is 0.493. The van der Waals surface area contributed by atoms with Crippen LogP contribution in [0.5, 0.6) is 0 Å². The molecule has 0 radical (unpaired) electrons. The van der Waals surface area contributed by atoms with Gasteiger partial charge in [0.2, 0.25) is 0 Å². The molecule has 0 aromatic carbocycles. The van der Waals surface area contributed by atoms with Crippen LogP contribution in [0.3, 0.4) is 0 Å². The summed E-state index contributed by atoms with van der Waals surface area (Å²) in [6, 6.07) is -0.227. The Hall–Kier alpha value is -0.130. The summed E-state index contributed by atoms with van der Waals surface area (Å²) in [7, 11) is -2.23. The summed E-state index contributed by atoms with van der Waals surface area (Å²) in [4.78, 5) is 0. The molecule has 0 aliphatic rings. The van der Waals surface area contributed by atoms with Crippen LogP contribution in [0.4, 0.5) is 0 Å². The van der Waals surface area contributed by atoms with Gasteiger partial charge in [-0.3, -0.25) is 4.55 Å². The van der Waals surface area contributed by atoms with E-state index in [9.17, 15) is 8.42 Å². The SMILES string of the molecule is CNC(C)C(C)S(=O)(=O)O. The fraction of sp³-hybridized carbons (Fsp3) is 1.00. The third kappa shape index (κ3) is 2.64. The van der Waals surface area contributed by atoms with Crippen LogP contribution in [0.1, 0.15) is 13.8 Å². The molecule has 0 aliphatic carbocycles. The average molecular weight is 167 g/mol. The van der Waals surface area contributed by atoms with Crippen molar-refractivity contribution in [2.24, 2.45) is 0 Å². The molecule has 62 valence electrons. The second kappa shape index (κ2) is 3.32. The summed E-state index contributed by atoms with van der Waals surface area (Å²) in [5.74, 6) is 0. The number of rotatable bonds is 3. The van der Waals surface area contributed by atoms with Gasteiger partial charge in [-0.15, -0.1) is 0 Å². The minimum Gasteiger partial charge on any atom is -0.316 e. The van der Waals surface area contributed by atoms with Crippen molar-refractivity contribution < 1.29 is 13.0 Å². The van der Waals surface area contributed by atoms with E-state index < -0.39 is 15.4 Å².